The molecule has 3 aromatic rings. The summed E-state index contributed by atoms with van der Waals surface area (Å²) < 4.78 is 7.08. The van der Waals surface area contributed by atoms with Gasteiger partial charge in [0.2, 0.25) is 5.91 Å². The van der Waals surface area contributed by atoms with Gasteiger partial charge in [0, 0.05) is 11.9 Å². The van der Waals surface area contributed by atoms with E-state index in [9.17, 15) is 9.59 Å². The minimum Gasteiger partial charge on any atom is -0.367 e. The molecule has 140 valence electrons. The van der Waals surface area contributed by atoms with E-state index in [4.69, 9.17) is 22.1 Å². The van der Waals surface area contributed by atoms with Gasteiger partial charge in [-0.2, -0.15) is 5.10 Å². The lowest BCUT2D eigenvalue weighted by molar-refractivity contribution is -0.133. The second-order valence-corrected chi connectivity index (χ2v) is 7.73. The number of aryl methyl sites for hydroxylation is 1. The van der Waals surface area contributed by atoms with Crippen LogP contribution in [0.3, 0.4) is 0 Å². The van der Waals surface area contributed by atoms with Crippen LogP contribution in [-0.4, -0.2) is 52.3 Å². The molecular formula is C18H17ClN4O3S. The molecule has 27 heavy (non-hydrogen) atoms. The molecule has 1 unspecified atom stereocenters. The number of aromatic nitrogens is 2. The smallest absolute Gasteiger partial charge is 0.264 e. The van der Waals surface area contributed by atoms with E-state index in [2.05, 4.69) is 5.10 Å². The Labute approximate surface area is 164 Å². The van der Waals surface area contributed by atoms with Crippen molar-refractivity contribution in [3.05, 3.63) is 45.9 Å². The van der Waals surface area contributed by atoms with E-state index in [0.717, 1.165) is 21.6 Å². The Bertz CT molecular complexity index is 1040. The first-order valence-electron chi connectivity index (χ1n) is 8.40. The predicted octanol–water partition coefficient (Wildman–Crippen LogP) is 2.38. The molecule has 0 aliphatic carbocycles. The summed E-state index contributed by atoms with van der Waals surface area (Å²) in [7, 11) is 0. The summed E-state index contributed by atoms with van der Waals surface area (Å²) in [5.41, 5.74) is 6.89. The lowest BCUT2D eigenvalue weighted by Crippen LogP contribution is -2.50. The van der Waals surface area contributed by atoms with Crippen LogP contribution in [0, 0.1) is 6.92 Å². The van der Waals surface area contributed by atoms with Gasteiger partial charge in [0.1, 0.15) is 4.83 Å². The molecule has 0 radical (unpaired) electrons. The number of benzene rings is 1. The number of para-hydroxylation sites is 1. The topological polar surface area (TPSA) is 90.4 Å². The number of carbonyl (C=O) groups is 2. The van der Waals surface area contributed by atoms with E-state index in [1.807, 2.05) is 31.2 Å². The lowest BCUT2D eigenvalue weighted by Gasteiger charge is -2.31. The number of rotatable bonds is 3. The molecule has 1 aliphatic rings. The van der Waals surface area contributed by atoms with Crippen molar-refractivity contribution >= 4 is 45.0 Å². The molecule has 0 saturated carbocycles. The number of hydrogen-bond donors (Lipinski definition) is 1. The lowest BCUT2D eigenvalue weighted by atomic mass is 10.2. The number of morpholine rings is 1. The molecule has 1 fully saturated rings. The second kappa shape index (κ2) is 6.95. The second-order valence-electron chi connectivity index (χ2n) is 6.29. The van der Waals surface area contributed by atoms with E-state index in [1.165, 1.54) is 11.3 Å². The van der Waals surface area contributed by atoms with Crippen LogP contribution in [0.5, 0.6) is 0 Å². The van der Waals surface area contributed by atoms with Crippen molar-refractivity contribution in [2.45, 2.75) is 13.0 Å². The normalized spacial score (nSPS) is 17.4. The summed E-state index contributed by atoms with van der Waals surface area (Å²) in [4.78, 5) is 27.3. The zero-order valence-electron chi connectivity index (χ0n) is 14.5. The van der Waals surface area contributed by atoms with Gasteiger partial charge in [-0.3, -0.25) is 9.59 Å². The molecule has 1 aromatic carbocycles. The first-order valence-corrected chi connectivity index (χ1v) is 9.59. The van der Waals surface area contributed by atoms with Gasteiger partial charge < -0.3 is 15.4 Å². The van der Waals surface area contributed by atoms with Gasteiger partial charge in [-0.1, -0.05) is 23.7 Å². The van der Waals surface area contributed by atoms with Crippen molar-refractivity contribution in [3.63, 3.8) is 0 Å². The molecule has 4 rings (SSSR count). The van der Waals surface area contributed by atoms with Gasteiger partial charge in [0.25, 0.3) is 5.91 Å². The third kappa shape index (κ3) is 3.20. The van der Waals surface area contributed by atoms with E-state index >= 15 is 0 Å². The largest absolute Gasteiger partial charge is 0.367 e. The van der Waals surface area contributed by atoms with E-state index in [0.29, 0.717) is 16.4 Å². The van der Waals surface area contributed by atoms with Crippen LogP contribution in [0.15, 0.2) is 30.3 Å². The minimum absolute atomic E-state index is 0.143. The SMILES string of the molecule is Cc1nn(-c2ccccc2Cl)c2sc(C(=O)N3CCOC(C(N)=O)C3)cc12. The molecule has 2 amide bonds. The number of nitrogens with two attached hydrogens (primary N) is 1. The molecule has 0 bridgehead atoms. The highest BCUT2D eigenvalue weighted by Gasteiger charge is 2.29. The summed E-state index contributed by atoms with van der Waals surface area (Å²) in [6.45, 7) is 2.77. The maximum absolute atomic E-state index is 12.9. The third-order valence-electron chi connectivity index (χ3n) is 4.51. The summed E-state index contributed by atoms with van der Waals surface area (Å²) in [5, 5.41) is 6.06. The Hall–Kier alpha value is -2.42. The fourth-order valence-corrected chi connectivity index (χ4v) is 4.46. The molecule has 1 atom stereocenters. The average Bonchev–Trinajstić information content (AvgIpc) is 3.22. The number of nitrogens with zero attached hydrogens (tertiary/aromatic N) is 3. The zero-order valence-corrected chi connectivity index (χ0v) is 16.1. The number of fused-ring (bicyclic) bond motifs is 1. The Morgan fingerprint density at radius 1 is 1.37 bits per heavy atom. The number of thiophene rings is 1. The molecule has 9 heteroatoms. The number of primary amides is 1. The first-order chi connectivity index (χ1) is 13.0. The van der Waals surface area contributed by atoms with E-state index < -0.39 is 12.0 Å². The molecule has 7 nitrogen and oxygen atoms in total. The highest BCUT2D eigenvalue weighted by molar-refractivity contribution is 7.20. The van der Waals surface area contributed by atoms with Crippen molar-refractivity contribution in [3.8, 4) is 5.69 Å². The van der Waals surface area contributed by atoms with Gasteiger partial charge in [-0.05, 0) is 25.1 Å². The Kier molecular flexibility index (Phi) is 4.63. The Morgan fingerprint density at radius 3 is 2.89 bits per heavy atom. The van der Waals surface area contributed by atoms with Gasteiger partial charge >= 0.3 is 0 Å². The van der Waals surface area contributed by atoms with Crippen LogP contribution in [0.1, 0.15) is 15.4 Å². The number of ether oxygens (including phenoxy) is 1. The summed E-state index contributed by atoms with van der Waals surface area (Å²) >= 11 is 7.67. The van der Waals surface area contributed by atoms with Crippen LogP contribution in [0.2, 0.25) is 5.02 Å². The quantitative estimate of drug-likeness (QED) is 0.725. The summed E-state index contributed by atoms with van der Waals surface area (Å²) in [6.07, 6.45) is -0.766. The van der Waals surface area contributed by atoms with Crippen molar-refractivity contribution < 1.29 is 14.3 Å². The molecule has 1 aliphatic heterocycles. The van der Waals surface area contributed by atoms with E-state index in [1.54, 1.807) is 15.6 Å². The third-order valence-corrected chi connectivity index (χ3v) is 5.93. The van der Waals surface area contributed by atoms with Gasteiger partial charge in [0.05, 0.1) is 34.4 Å². The molecule has 2 N–H and O–H groups in total. The number of hydrogen-bond acceptors (Lipinski definition) is 5. The van der Waals surface area contributed by atoms with Crippen molar-refractivity contribution in [1.82, 2.24) is 14.7 Å². The number of carbonyl (C=O) groups excluding carboxylic acids is 2. The zero-order chi connectivity index (χ0) is 19.1. The van der Waals surface area contributed by atoms with Crippen LogP contribution in [-0.2, 0) is 9.53 Å². The predicted molar refractivity (Wildman–Crippen MR) is 104 cm³/mol. The molecule has 3 heterocycles. The Morgan fingerprint density at radius 2 is 2.15 bits per heavy atom. The van der Waals surface area contributed by atoms with E-state index in [-0.39, 0.29) is 19.1 Å². The molecule has 1 saturated heterocycles. The molecular weight excluding hydrogens is 388 g/mol. The summed E-state index contributed by atoms with van der Waals surface area (Å²) in [5.74, 6) is -0.704. The Balaban J connectivity index is 1.70. The first kappa shape index (κ1) is 18.0. The minimum atomic E-state index is -0.766. The van der Waals surface area contributed by atoms with Crippen LogP contribution < -0.4 is 5.73 Å². The van der Waals surface area contributed by atoms with Crippen molar-refractivity contribution in [2.75, 3.05) is 19.7 Å². The molecule has 0 spiro atoms. The van der Waals surface area contributed by atoms with Crippen molar-refractivity contribution in [1.29, 1.82) is 0 Å². The van der Waals surface area contributed by atoms with Crippen molar-refractivity contribution in [2.24, 2.45) is 5.73 Å². The standard InChI is InChI=1S/C18H17ClN4O3S/c1-10-11-8-15(17(25)22-6-7-26-14(9-22)16(20)24)27-18(11)23(21-10)13-5-3-2-4-12(13)19/h2-5,8,14H,6-7,9H2,1H3,(H2,20,24). The fourth-order valence-electron chi connectivity index (χ4n) is 3.10. The molecule has 2 aromatic heterocycles. The monoisotopic (exact) mass is 404 g/mol. The summed E-state index contributed by atoms with van der Waals surface area (Å²) in [6, 6.07) is 9.27. The highest BCUT2D eigenvalue weighted by atomic mass is 35.5. The van der Waals surface area contributed by atoms with Crippen LogP contribution in [0.4, 0.5) is 0 Å². The fraction of sp³-hybridized carbons (Fsp3) is 0.278. The van der Waals surface area contributed by atoms with Gasteiger partial charge in [-0.25, -0.2) is 4.68 Å². The van der Waals surface area contributed by atoms with Gasteiger partial charge in [0.15, 0.2) is 6.10 Å². The number of halogens is 1. The highest BCUT2D eigenvalue weighted by Crippen LogP contribution is 2.33. The number of amides is 2. The average molecular weight is 405 g/mol. The maximum atomic E-state index is 12.9. The maximum Gasteiger partial charge on any atom is 0.264 e. The van der Waals surface area contributed by atoms with Crippen LogP contribution >= 0.6 is 22.9 Å². The van der Waals surface area contributed by atoms with Crippen LogP contribution in [0.25, 0.3) is 15.9 Å². The van der Waals surface area contributed by atoms with Gasteiger partial charge in [-0.15, -0.1) is 11.3 Å².